The van der Waals surface area contributed by atoms with Crippen molar-refractivity contribution in [3.63, 3.8) is 0 Å². The second kappa shape index (κ2) is 12.3. The summed E-state index contributed by atoms with van der Waals surface area (Å²) in [6, 6.07) is 8.56. The van der Waals surface area contributed by atoms with Gasteiger partial charge in [0.05, 0.1) is 23.1 Å². The lowest BCUT2D eigenvalue weighted by Gasteiger charge is -2.23. The van der Waals surface area contributed by atoms with Crippen molar-refractivity contribution in [2.24, 2.45) is 18.5 Å². The van der Waals surface area contributed by atoms with E-state index < -0.39 is 17.6 Å². The molecule has 0 spiro atoms. The van der Waals surface area contributed by atoms with Gasteiger partial charge in [0.25, 0.3) is 5.91 Å². The first-order chi connectivity index (χ1) is 18.3. The first-order valence-electron chi connectivity index (χ1n) is 12.3. The molecule has 0 saturated carbocycles. The molecule has 1 heterocycles. The number of carbonyl (C=O) groups is 1. The molecule has 0 aliphatic carbocycles. The fourth-order valence-corrected chi connectivity index (χ4v) is 4.09. The number of benzene rings is 2. The maximum Gasteiger partial charge on any atom is 0.416 e. The fourth-order valence-electron chi connectivity index (χ4n) is 4.09. The Morgan fingerprint density at radius 3 is 2.49 bits per heavy atom. The van der Waals surface area contributed by atoms with Gasteiger partial charge in [0.15, 0.2) is 0 Å². The van der Waals surface area contributed by atoms with Gasteiger partial charge in [0.1, 0.15) is 0 Å². The third kappa shape index (κ3) is 7.37. The topological polar surface area (TPSA) is 117 Å². The Morgan fingerprint density at radius 2 is 1.90 bits per heavy atom. The predicted octanol–water partition coefficient (Wildman–Crippen LogP) is 3.60. The molecular weight excluding hydrogens is 509 g/mol. The molecule has 3 rings (SSSR count). The van der Waals surface area contributed by atoms with Crippen molar-refractivity contribution >= 4 is 23.0 Å². The van der Waals surface area contributed by atoms with E-state index in [9.17, 15) is 18.0 Å². The van der Waals surface area contributed by atoms with E-state index in [4.69, 9.17) is 11.5 Å². The molecule has 6 N–H and O–H groups in total. The SMILES string of the molecule is CNN(/C=C(\N)c1cnn(C)c1C)c1cc(C(=O)Nc2cc(CN(C)CCN)cc(C(F)(F)F)c2)ccc1C. The standard InChI is InChI=1S/C27H35F3N8O/c1-17-6-7-20(12-25(17)38(33-3)16-24(32)23-14-34-37(5)18(23)2)26(39)35-22-11-19(15-36(4)9-8-31)10-21(13-22)27(28,29)30/h6-7,10-14,16,33H,8-9,15,31-32H2,1-5H3,(H,35,39)/b24-16-. The van der Waals surface area contributed by atoms with Crippen LogP contribution in [0.4, 0.5) is 24.5 Å². The zero-order chi connectivity index (χ0) is 28.9. The minimum atomic E-state index is -4.56. The quantitative estimate of drug-likeness (QED) is 0.288. The van der Waals surface area contributed by atoms with Crippen LogP contribution in [0.15, 0.2) is 48.8 Å². The number of nitrogens with two attached hydrogens (primary N) is 2. The first-order valence-corrected chi connectivity index (χ1v) is 12.3. The van der Waals surface area contributed by atoms with Crippen LogP contribution in [0.1, 0.15) is 38.3 Å². The summed E-state index contributed by atoms with van der Waals surface area (Å²) in [7, 11) is 5.29. The molecule has 3 aromatic rings. The number of hydrogen-bond donors (Lipinski definition) is 4. The number of nitrogens with one attached hydrogen (secondary N) is 2. The van der Waals surface area contributed by atoms with E-state index in [0.29, 0.717) is 30.0 Å². The third-order valence-electron chi connectivity index (χ3n) is 6.33. The Hall–Kier alpha value is -3.87. The molecule has 0 fully saturated rings. The number of likely N-dealkylation sites (N-methyl/N-ethyl adjacent to an activating group) is 1. The van der Waals surface area contributed by atoms with E-state index in [1.54, 1.807) is 54.4 Å². The monoisotopic (exact) mass is 544 g/mol. The van der Waals surface area contributed by atoms with Gasteiger partial charge in [-0.3, -0.25) is 14.5 Å². The predicted molar refractivity (Wildman–Crippen MR) is 148 cm³/mol. The molecule has 2 aromatic carbocycles. The number of rotatable bonds is 10. The van der Waals surface area contributed by atoms with Crippen LogP contribution in [-0.2, 0) is 19.8 Å². The second-order valence-corrected chi connectivity index (χ2v) is 9.34. The average molecular weight is 545 g/mol. The molecule has 9 nitrogen and oxygen atoms in total. The Labute approximate surface area is 226 Å². The molecule has 0 saturated heterocycles. The van der Waals surface area contributed by atoms with E-state index in [2.05, 4.69) is 15.8 Å². The van der Waals surface area contributed by atoms with Crippen molar-refractivity contribution in [2.45, 2.75) is 26.6 Å². The third-order valence-corrected chi connectivity index (χ3v) is 6.33. The molecule has 39 heavy (non-hydrogen) atoms. The Kier molecular flexibility index (Phi) is 9.38. The first kappa shape index (κ1) is 29.7. The van der Waals surface area contributed by atoms with Crippen molar-refractivity contribution in [3.8, 4) is 0 Å². The van der Waals surface area contributed by atoms with Gasteiger partial charge in [0, 0.05) is 62.4 Å². The lowest BCUT2D eigenvalue weighted by atomic mass is 10.1. The maximum absolute atomic E-state index is 13.6. The van der Waals surface area contributed by atoms with Crippen molar-refractivity contribution in [3.05, 3.63) is 82.3 Å². The van der Waals surface area contributed by atoms with Gasteiger partial charge in [0.2, 0.25) is 0 Å². The summed E-state index contributed by atoms with van der Waals surface area (Å²) in [4.78, 5) is 15.0. The number of halogens is 3. The number of aromatic nitrogens is 2. The summed E-state index contributed by atoms with van der Waals surface area (Å²) in [5.41, 5.74) is 18.4. The highest BCUT2D eigenvalue weighted by molar-refractivity contribution is 6.05. The van der Waals surface area contributed by atoms with Crippen LogP contribution in [0.2, 0.25) is 0 Å². The molecule has 0 radical (unpaired) electrons. The Morgan fingerprint density at radius 1 is 1.18 bits per heavy atom. The summed E-state index contributed by atoms with van der Waals surface area (Å²) >= 11 is 0. The van der Waals surface area contributed by atoms with Gasteiger partial charge in [-0.2, -0.15) is 18.3 Å². The summed E-state index contributed by atoms with van der Waals surface area (Å²) < 4.78 is 42.5. The molecule has 0 aliphatic heterocycles. The molecule has 0 atom stereocenters. The van der Waals surface area contributed by atoms with Crippen LogP contribution in [0.3, 0.4) is 0 Å². The molecule has 0 aliphatic rings. The summed E-state index contributed by atoms with van der Waals surface area (Å²) in [6.07, 6.45) is -1.21. The largest absolute Gasteiger partial charge is 0.416 e. The van der Waals surface area contributed by atoms with Crippen LogP contribution >= 0.6 is 0 Å². The van der Waals surface area contributed by atoms with Crippen LogP contribution in [0.5, 0.6) is 0 Å². The van der Waals surface area contributed by atoms with Gasteiger partial charge in [-0.05, 0) is 62.4 Å². The van der Waals surface area contributed by atoms with Crippen molar-refractivity contribution in [1.29, 1.82) is 0 Å². The van der Waals surface area contributed by atoms with Crippen LogP contribution in [-0.4, -0.2) is 47.8 Å². The number of carbonyl (C=O) groups excluding carboxylic acids is 1. The summed E-state index contributed by atoms with van der Waals surface area (Å²) in [5.74, 6) is -0.548. The maximum atomic E-state index is 13.6. The van der Waals surface area contributed by atoms with E-state index in [0.717, 1.165) is 29.0 Å². The Bertz CT molecular complexity index is 1350. The van der Waals surface area contributed by atoms with Crippen LogP contribution in [0, 0.1) is 13.8 Å². The van der Waals surface area contributed by atoms with Crippen LogP contribution in [0.25, 0.3) is 5.70 Å². The van der Waals surface area contributed by atoms with Gasteiger partial charge in [-0.15, -0.1) is 0 Å². The molecule has 12 heteroatoms. The van der Waals surface area contributed by atoms with Gasteiger partial charge in [-0.25, -0.2) is 5.43 Å². The molecule has 1 aromatic heterocycles. The van der Waals surface area contributed by atoms with Crippen LogP contribution < -0.4 is 27.2 Å². The van der Waals surface area contributed by atoms with Gasteiger partial charge in [-0.1, -0.05) is 6.07 Å². The van der Waals surface area contributed by atoms with Crippen molar-refractivity contribution < 1.29 is 18.0 Å². The lowest BCUT2D eigenvalue weighted by Crippen LogP contribution is -2.31. The molecule has 0 bridgehead atoms. The summed E-state index contributed by atoms with van der Waals surface area (Å²) in [5, 5.41) is 8.51. The second-order valence-electron chi connectivity index (χ2n) is 9.34. The smallest absolute Gasteiger partial charge is 0.397 e. The zero-order valence-electron chi connectivity index (χ0n) is 22.7. The van der Waals surface area contributed by atoms with Crippen molar-refractivity contribution in [1.82, 2.24) is 20.1 Å². The normalized spacial score (nSPS) is 12.2. The average Bonchev–Trinajstić information content (AvgIpc) is 3.20. The minimum absolute atomic E-state index is 0.0507. The van der Waals surface area contributed by atoms with Crippen molar-refractivity contribution in [2.75, 3.05) is 37.5 Å². The number of amides is 1. The van der Waals surface area contributed by atoms with E-state index >= 15 is 0 Å². The fraction of sp³-hybridized carbons (Fsp3) is 0.333. The number of alkyl halides is 3. The van der Waals surface area contributed by atoms with E-state index in [-0.39, 0.29) is 17.8 Å². The molecule has 0 unspecified atom stereocenters. The number of nitrogens with zero attached hydrogens (tertiary/aromatic N) is 4. The van der Waals surface area contributed by atoms with Gasteiger partial charge < -0.3 is 21.7 Å². The highest BCUT2D eigenvalue weighted by Crippen LogP contribution is 2.32. The molecular formula is C27H35F3N8O. The zero-order valence-corrected chi connectivity index (χ0v) is 22.7. The Balaban J connectivity index is 1.91. The highest BCUT2D eigenvalue weighted by atomic mass is 19.4. The minimum Gasteiger partial charge on any atom is -0.397 e. The number of aryl methyl sites for hydroxylation is 2. The van der Waals surface area contributed by atoms with Gasteiger partial charge >= 0.3 is 6.18 Å². The number of hydrazine groups is 1. The number of anilines is 2. The van der Waals surface area contributed by atoms with E-state index in [1.807, 2.05) is 25.8 Å². The number of hydrogen-bond acceptors (Lipinski definition) is 7. The molecule has 210 valence electrons. The highest BCUT2D eigenvalue weighted by Gasteiger charge is 2.31. The molecule has 1 amide bonds. The summed E-state index contributed by atoms with van der Waals surface area (Å²) in [6.45, 7) is 4.92. The lowest BCUT2D eigenvalue weighted by molar-refractivity contribution is -0.137. The van der Waals surface area contributed by atoms with E-state index in [1.165, 1.54) is 6.07 Å².